The van der Waals surface area contributed by atoms with Gasteiger partial charge in [0.25, 0.3) is 5.91 Å². The average Bonchev–Trinajstić information content (AvgIpc) is 3.10. The van der Waals surface area contributed by atoms with Crippen molar-refractivity contribution in [3.8, 4) is 0 Å². The minimum atomic E-state index is -0.267. The first-order valence-corrected chi connectivity index (χ1v) is 8.11. The lowest BCUT2D eigenvalue weighted by atomic mass is 10.2. The minimum Gasteiger partial charge on any atom is -0.320 e. The van der Waals surface area contributed by atoms with Gasteiger partial charge in [-0.1, -0.05) is 29.0 Å². The molecule has 1 saturated carbocycles. The number of nitrogens with zero attached hydrogens (tertiary/aromatic N) is 4. The molecule has 4 rings (SSSR count). The zero-order valence-corrected chi connectivity index (χ0v) is 13.3. The van der Waals surface area contributed by atoms with E-state index in [9.17, 15) is 4.79 Å². The molecule has 1 aliphatic carbocycles. The number of hydrogen-bond donors (Lipinski definition) is 1. The molecule has 0 radical (unpaired) electrons. The molecule has 1 amide bonds. The fourth-order valence-electron chi connectivity index (χ4n) is 2.18. The van der Waals surface area contributed by atoms with E-state index >= 15 is 0 Å². The first-order valence-electron chi connectivity index (χ1n) is 6.91. The van der Waals surface area contributed by atoms with Gasteiger partial charge in [-0.3, -0.25) is 4.79 Å². The maximum absolute atomic E-state index is 12.3. The van der Waals surface area contributed by atoms with Crippen molar-refractivity contribution in [3.05, 3.63) is 39.6 Å². The average molecular weight is 334 g/mol. The molecule has 0 bridgehead atoms. The minimum absolute atomic E-state index is 0.267. The standard InChI is InChI=1S/C14H12ClN5OS/c1-7-2-5-9(6-10(7)15)16-12(21)13-19-20-11(8-3-4-8)17-18-14(20)22-13/h2,5-6,8H,3-4H2,1H3,(H,16,21). The molecule has 2 heterocycles. The Kier molecular flexibility index (Phi) is 3.12. The number of carbonyl (C=O) groups excluding carboxylic acids is 1. The molecule has 1 aliphatic rings. The third kappa shape index (κ3) is 2.36. The monoisotopic (exact) mass is 333 g/mol. The molecule has 3 aromatic rings. The van der Waals surface area contributed by atoms with Crippen LogP contribution in [-0.4, -0.2) is 25.7 Å². The van der Waals surface area contributed by atoms with Crippen molar-refractivity contribution in [2.75, 3.05) is 5.32 Å². The van der Waals surface area contributed by atoms with Crippen LogP contribution in [0.4, 0.5) is 5.69 Å². The highest BCUT2D eigenvalue weighted by molar-refractivity contribution is 7.18. The van der Waals surface area contributed by atoms with E-state index < -0.39 is 0 Å². The van der Waals surface area contributed by atoms with Crippen molar-refractivity contribution in [1.29, 1.82) is 0 Å². The molecule has 1 N–H and O–H groups in total. The lowest BCUT2D eigenvalue weighted by Gasteiger charge is -2.04. The molecule has 22 heavy (non-hydrogen) atoms. The molecule has 0 atom stereocenters. The molecule has 0 spiro atoms. The molecule has 0 unspecified atom stereocenters. The summed E-state index contributed by atoms with van der Waals surface area (Å²) in [6.45, 7) is 1.91. The zero-order chi connectivity index (χ0) is 15.3. The van der Waals surface area contributed by atoms with E-state index in [1.54, 1.807) is 10.6 Å². The van der Waals surface area contributed by atoms with Crippen LogP contribution in [0.25, 0.3) is 4.96 Å². The van der Waals surface area contributed by atoms with Gasteiger partial charge in [-0.2, -0.15) is 4.52 Å². The number of aryl methyl sites for hydroxylation is 1. The van der Waals surface area contributed by atoms with Gasteiger partial charge >= 0.3 is 0 Å². The molecule has 112 valence electrons. The van der Waals surface area contributed by atoms with Crippen LogP contribution in [-0.2, 0) is 0 Å². The van der Waals surface area contributed by atoms with Gasteiger partial charge < -0.3 is 5.32 Å². The highest BCUT2D eigenvalue weighted by Crippen LogP contribution is 2.39. The summed E-state index contributed by atoms with van der Waals surface area (Å²) < 4.78 is 1.68. The normalized spacial score (nSPS) is 14.5. The van der Waals surface area contributed by atoms with Crippen LogP contribution >= 0.6 is 22.9 Å². The van der Waals surface area contributed by atoms with Crippen LogP contribution in [0.5, 0.6) is 0 Å². The summed E-state index contributed by atoms with van der Waals surface area (Å²) in [4.78, 5) is 13.0. The topological polar surface area (TPSA) is 72.2 Å². The molecule has 0 aliphatic heterocycles. The molecular formula is C14H12ClN5OS. The molecule has 1 aromatic carbocycles. The summed E-state index contributed by atoms with van der Waals surface area (Å²) in [7, 11) is 0. The van der Waals surface area contributed by atoms with E-state index in [1.807, 2.05) is 19.1 Å². The van der Waals surface area contributed by atoms with Crippen molar-refractivity contribution in [3.63, 3.8) is 0 Å². The van der Waals surface area contributed by atoms with Crippen LogP contribution in [0.15, 0.2) is 18.2 Å². The maximum Gasteiger partial charge on any atom is 0.286 e. The van der Waals surface area contributed by atoms with E-state index in [-0.39, 0.29) is 5.91 Å². The number of rotatable bonds is 3. The number of hydrogen-bond acceptors (Lipinski definition) is 5. The Hall–Kier alpha value is -1.99. The SMILES string of the molecule is Cc1ccc(NC(=O)c2nn3c(C4CC4)nnc3s2)cc1Cl. The second-order valence-electron chi connectivity index (χ2n) is 5.35. The van der Waals surface area contributed by atoms with Gasteiger partial charge in [0.05, 0.1) is 0 Å². The molecule has 0 saturated heterocycles. The molecule has 1 fully saturated rings. The van der Waals surface area contributed by atoms with Crippen molar-refractivity contribution in [2.24, 2.45) is 0 Å². The summed E-state index contributed by atoms with van der Waals surface area (Å²) in [6, 6.07) is 5.40. The smallest absolute Gasteiger partial charge is 0.286 e. The largest absolute Gasteiger partial charge is 0.320 e. The van der Waals surface area contributed by atoms with Crippen LogP contribution in [0.2, 0.25) is 5.02 Å². The van der Waals surface area contributed by atoms with Gasteiger partial charge in [0, 0.05) is 16.6 Å². The van der Waals surface area contributed by atoms with Gasteiger partial charge in [-0.15, -0.1) is 15.3 Å². The number of halogens is 1. The van der Waals surface area contributed by atoms with Gasteiger partial charge in [-0.05, 0) is 37.5 Å². The number of fused-ring (bicyclic) bond motifs is 1. The zero-order valence-electron chi connectivity index (χ0n) is 11.7. The quantitative estimate of drug-likeness (QED) is 0.798. The van der Waals surface area contributed by atoms with Crippen LogP contribution < -0.4 is 5.32 Å². The Labute approximate surface area is 135 Å². The van der Waals surface area contributed by atoms with Gasteiger partial charge in [-0.25, -0.2) is 0 Å². The number of anilines is 1. The van der Waals surface area contributed by atoms with E-state index in [0.717, 1.165) is 24.2 Å². The number of benzene rings is 1. The lowest BCUT2D eigenvalue weighted by molar-refractivity contribution is 0.102. The van der Waals surface area contributed by atoms with Gasteiger partial charge in [0.1, 0.15) is 0 Å². The van der Waals surface area contributed by atoms with Crippen molar-refractivity contribution in [1.82, 2.24) is 19.8 Å². The van der Waals surface area contributed by atoms with E-state index in [0.29, 0.717) is 26.6 Å². The summed E-state index contributed by atoms with van der Waals surface area (Å²) in [6.07, 6.45) is 2.23. The van der Waals surface area contributed by atoms with E-state index in [4.69, 9.17) is 11.6 Å². The van der Waals surface area contributed by atoms with Crippen LogP contribution in [0, 0.1) is 6.92 Å². The van der Waals surface area contributed by atoms with Crippen molar-refractivity contribution < 1.29 is 4.79 Å². The van der Waals surface area contributed by atoms with Gasteiger partial charge in [0.2, 0.25) is 9.97 Å². The summed E-state index contributed by atoms with van der Waals surface area (Å²) in [5.74, 6) is 1.02. The Bertz CT molecular complexity index is 883. The summed E-state index contributed by atoms with van der Waals surface area (Å²) in [5, 5.41) is 16.3. The predicted octanol–water partition coefficient (Wildman–Crippen LogP) is 3.28. The Morgan fingerprint density at radius 2 is 2.23 bits per heavy atom. The summed E-state index contributed by atoms with van der Waals surface area (Å²) >= 11 is 7.30. The maximum atomic E-state index is 12.3. The Morgan fingerprint density at radius 1 is 1.41 bits per heavy atom. The number of amides is 1. The third-order valence-corrected chi connectivity index (χ3v) is 4.89. The second kappa shape index (κ2) is 5.03. The van der Waals surface area contributed by atoms with Crippen LogP contribution in [0.1, 0.15) is 39.9 Å². The fourth-order valence-corrected chi connectivity index (χ4v) is 3.10. The van der Waals surface area contributed by atoms with Crippen molar-refractivity contribution in [2.45, 2.75) is 25.7 Å². The summed E-state index contributed by atoms with van der Waals surface area (Å²) in [5.41, 5.74) is 1.61. The number of nitrogens with one attached hydrogen (secondary N) is 1. The first-order chi connectivity index (χ1) is 10.6. The third-order valence-electron chi connectivity index (χ3n) is 3.58. The highest BCUT2D eigenvalue weighted by Gasteiger charge is 2.30. The first kappa shape index (κ1) is 13.7. The Morgan fingerprint density at radius 3 is 2.95 bits per heavy atom. The molecular weight excluding hydrogens is 322 g/mol. The number of aromatic nitrogens is 4. The second-order valence-corrected chi connectivity index (χ2v) is 6.72. The van der Waals surface area contributed by atoms with Gasteiger partial charge in [0.15, 0.2) is 5.82 Å². The predicted molar refractivity (Wildman–Crippen MR) is 84.8 cm³/mol. The lowest BCUT2D eigenvalue weighted by Crippen LogP contribution is -2.12. The number of carbonyl (C=O) groups is 1. The molecule has 2 aromatic heterocycles. The van der Waals surface area contributed by atoms with Crippen LogP contribution in [0.3, 0.4) is 0 Å². The van der Waals surface area contributed by atoms with Crippen molar-refractivity contribution >= 4 is 39.5 Å². The van der Waals surface area contributed by atoms with E-state index in [1.165, 1.54) is 11.3 Å². The molecule has 6 nitrogen and oxygen atoms in total. The fraction of sp³-hybridized carbons (Fsp3) is 0.286. The highest BCUT2D eigenvalue weighted by atomic mass is 35.5. The van der Waals surface area contributed by atoms with E-state index in [2.05, 4.69) is 20.6 Å². The molecule has 8 heteroatoms. The Balaban J connectivity index is 1.60.